The lowest BCUT2D eigenvalue weighted by Crippen LogP contribution is -2.34. The quantitative estimate of drug-likeness (QED) is 0.420. The average Bonchev–Trinajstić information content (AvgIpc) is 2.84. The van der Waals surface area contributed by atoms with Crippen LogP contribution in [0.15, 0.2) is 60.7 Å². The Morgan fingerprint density at radius 1 is 0.943 bits per heavy atom. The molecule has 35 heavy (non-hydrogen) atoms. The first-order valence-electron chi connectivity index (χ1n) is 12.2. The van der Waals surface area contributed by atoms with Crippen molar-refractivity contribution in [3.8, 4) is 0 Å². The first-order valence-corrected chi connectivity index (χ1v) is 12.2. The van der Waals surface area contributed by atoms with Crippen LogP contribution in [0.5, 0.6) is 0 Å². The molecule has 1 aliphatic rings. The predicted molar refractivity (Wildman–Crippen MR) is 143 cm³/mol. The molecule has 1 aliphatic heterocycles. The summed E-state index contributed by atoms with van der Waals surface area (Å²) in [5.41, 5.74) is 7.54. The molecule has 0 atom stereocenters. The van der Waals surface area contributed by atoms with Gasteiger partial charge in [0, 0.05) is 36.7 Å². The predicted octanol–water partition coefficient (Wildman–Crippen LogP) is 5.90. The zero-order chi connectivity index (χ0) is 24.9. The lowest BCUT2D eigenvalue weighted by molar-refractivity contribution is 0.0949. The number of aryl methyl sites for hydroxylation is 2. The summed E-state index contributed by atoms with van der Waals surface area (Å²) in [5.74, 6) is 0.208. The van der Waals surface area contributed by atoms with Crippen molar-refractivity contribution in [2.45, 2.75) is 40.7 Å². The molecule has 0 aromatic heterocycles. The van der Waals surface area contributed by atoms with E-state index in [4.69, 9.17) is 0 Å². The molecule has 0 saturated heterocycles. The van der Waals surface area contributed by atoms with E-state index in [1.165, 1.54) is 11.1 Å². The number of anilines is 3. The van der Waals surface area contributed by atoms with Crippen LogP contribution in [0, 0.1) is 19.8 Å². The smallest absolute Gasteiger partial charge is 0.323 e. The Kier molecular flexibility index (Phi) is 7.39. The first kappa shape index (κ1) is 24.3. The number of benzene rings is 3. The van der Waals surface area contributed by atoms with E-state index in [1.807, 2.05) is 44.2 Å². The van der Waals surface area contributed by atoms with Gasteiger partial charge in [0.05, 0.1) is 5.56 Å². The number of amides is 3. The van der Waals surface area contributed by atoms with Gasteiger partial charge in [-0.15, -0.1) is 0 Å². The Hall–Kier alpha value is -3.80. The second kappa shape index (κ2) is 10.6. The lowest BCUT2D eigenvalue weighted by Gasteiger charge is -2.32. The third kappa shape index (κ3) is 6.01. The topological polar surface area (TPSA) is 73.5 Å². The summed E-state index contributed by atoms with van der Waals surface area (Å²) in [7, 11) is 0. The molecule has 182 valence electrons. The molecule has 0 bridgehead atoms. The van der Waals surface area contributed by atoms with Gasteiger partial charge in [-0.25, -0.2) is 4.79 Å². The minimum atomic E-state index is -0.342. The molecular weight excluding hydrogens is 436 g/mol. The van der Waals surface area contributed by atoms with Crippen molar-refractivity contribution in [1.82, 2.24) is 5.32 Å². The minimum Gasteiger partial charge on any atom is -0.366 e. The number of nitrogens with zero attached hydrogens (tertiary/aromatic N) is 1. The number of hydrogen-bond acceptors (Lipinski definition) is 3. The number of nitrogens with one attached hydrogen (secondary N) is 3. The molecule has 3 amide bonds. The van der Waals surface area contributed by atoms with Crippen molar-refractivity contribution in [1.29, 1.82) is 0 Å². The Morgan fingerprint density at radius 3 is 2.46 bits per heavy atom. The molecule has 6 heteroatoms. The Balaban J connectivity index is 1.57. The minimum absolute atomic E-state index is 0.133. The van der Waals surface area contributed by atoms with E-state index in [0.29, 0.717) is 23.7 Å². The summed E-state index contributed by atoms with van der Waals surface area (Å²) in [5, 5.41) is 8.83. The van der Waals surface area contributed by atoms with Gasteiger partial charge in [0.1, 0.15) is 0 Å². The number of carbonyl (C=O) groups is 2. The monoisotopic (exact) mass is 470 g/mol. The molecule has 0 saturated carbocycles. The van der Waals surface area contributed by atoms with Crippen LogP contribution in [0.2, 0.25) is 0 Å². The van der Waals surface area contributed by atoms with E-state index in [-0.39, 0.29) is 11.9 Å². The molecule has 0 unspecified atom stereocenters. The highest BCUT2D eigenvalue weighted by Gasteiger charge is 2.22. The summed E-state index contributed by atoms with van der Waals surface area (Å²) in [6, 6.07) is 19.6. The van der Waals surface area contributed by atoms with E-state index in [9.17, 15) is 9.59 Å². The molecule has 4 rings (SSSR count). The molecule has 3 aromatic carbocycles. The number of fused-ring (bicyclic) bond motifs is 1. The zero-order valence-corrected chi connectivity index (χ0v) is 20.9. The number of carbonyl (C=O) groups excluding carboxylic acids is 2. The molecular formula is C29H34N4O2. The van der Waals surface area contributed by atoms with Gasteiger partial charge in [-0.05, 0) is 67.1 Å². The highest BCUT2D eigenvalue weighted by molar-refractivity contribution is 6.04. The highest BCUT2D eigenvalue weighted by atomic mass is 16.2. The van der Waals surface area contributed by atoms with Crippen molar-refractivity contribution in [3.05, 3.63) is 88.5 Å². The number of hydrogen-bond donors (Lipinski definition) is 3. The maximum Gasteiger partial charge on any atom is 0.323 e. The van der Waals surface area contributed by atoms with Crippen molar-refractivity contribution in [2.24, 2.45) is 5.92 Å². The molecule has 0 radical (unpaired) electrons. The standard InChI is InChI=1S/C29H34N4O2/c1-19(2)17-30-28(34)25-16-24(31-29(35)32-26-11-9-20(3)15-21(26)4)10-12-27(25)33-14-13-22-7-5-6-8-23(22)18-33/h5-12,15-16,19H,13-14,17-18H2,1-4H3,(H,30,34)(H2,31,32,35). The molecule has 6 nitrogen and oxygen atoms in total. The third-order valence-corrected chi connectivity index (χ3v) is 6.27. The van der Waals surface area contributed by atoms with Gasteiger partial charge in [0.2, 0.25) is 0 Å². The second-order valence-electron chi connectivity index (χ2n) is 9.67. The first-order chi connectivity index (χ1) is 16.8. The van der Waals surface area contributed by atoms with Crippen LogP contribution in [-0.2, 0) is 13.0 Å². The van der Waals surface area contributed by atoms with Crippen molar-refractivity contribution < 1.29 is 9.59 Å². The number of rotatable bonds is 6. The third-order valence-electron chi connectivity index (χ3n) is 6.27. The van der Waals surface area contributed by atoms with Gasteiger partial charge in [-0.3, -0.25) is 4.79 Å². The van der Waals surface area contributed by atoms with Crippen LogP contribution >= 0.6 is 0 Å². The van der Waals surface area contributed by atoms with Gasteiger partial charge < -0.3 is 20.9 Å². The fourth-order valence-electron chi connectivity index (χ4n) is 4.40. The fourth-order valence-corrected chi connectivity index (χ4v) is 4.40. The van der Waals surface area contributed by atoms with Crippen LogP contribution in [0.25, 0.3) is 0 Å². The summed E-state index contributed by atoms with van der Waals surface area (Å²) >= 11 is 0. The SMILES string of the molecule is Cc1ccc(NC(=O)Nc2ccc(N3CCc4ccccc4C3)c(C(=O)NCC(C)C)c2)c(C)c1. The van der Waals surface area contributed by atoms with Gasteiger partial charge >= 0.3 is 6.03 Å². The number of urea groups is 1. The van der Waals surface area contributed by atoms with Crippen molar-refractivity contribution in [3.63, 3.8) is 0 Å². The zero-order valence-electron chi connectivity index (χ0n) is 20.9. The second-order valence-corrected chi connectivity index (χ2v) is 9.67. The fraction of sp³-hybridized carbons (Fsp3) is 0.310. The van der Waals surface area contributed by atoms with E-state index < -0.39 is 0 Å². The Morgan fingerprint density at radius 2 is 1.71 bits per heavy atom. The largest absolute Gasteiger partial charge is 0.366 e. The van der Waals surface area contributed by atoms with E-state index in [2.05, 4.69) is 59.0 Å². The normalized spacial score (nSPS) is 12.8. The summed E-state index contributed by atoms with van der Waals surface area (Å²) in [6.07, 6.45) is 0.932. The van der Waals surface area contributed by atoms with Gasteiger partial charge in [0.15, 0.2) is 0 Å². The highest BCUT2D eigenvalue weighted by Crippen LogP contribution is 2.30. The summed E-state index contributed by atoms with van der Waals surface area (Å²) in [6.45, 7) is 10.3. The average molecular weight is 471 g/mol. The molecule has 0 aliphatic carbocycles. The maximum absolute atomic E-state index is 13.2. The molecule has 0 fully saturated rings. The van der Waals surface area contributed by atoms with E-state index in [0.717, 1.165) is 42.0 Å². The molecule has 3 aromatic rings. The van der Waals surface area contributed by atoms with E-state index in [1.54, 1.807) is 6.07 Å². The summed E-state index contributed by atoms with van der Waals surface area (Å²) < 4.78 is 0. The van der Waals surface area contributed by atoms with Crippen LogP contribution in [0.3, 0.4) is 0 Å². The van der Waals surface area contributed by atoms with Crippen LogP contribution in [0.4, 0.5) is 21.9 Å². The van der Waals surface area contributed by atoms with Gasteiger partial charge in [-0.2, -0.15) is 0 Å². The molecule has 0 spiro atoms. The molecule has 1 heterocycles. The van der Waals surface area contributed by atoms with Crippen LogP contribution < -0.4 is 20.9 Å². The molecule has 3 N–H and O–H groups in total. The maximum atomic E-state index is 13.2. The van der Waals surface area contributed by atoms with Gasteiger partial charge in [-0.1, -0.05) is 55.8 Å². The van der Waals surface area contributed by atoms with Crippen molar-refractivity contribution >= 4 is 29.0 Å². The Labute approximate surface area is 207 Å². The van der Waals surface area contributed by atoms with Crippen LogP contribution in [0.1, 0.15) is 46.5 Å². The lowest BCUT2D eigenvalue weighted by atomic mass is 9.98. The van der Waals surface area contributed by atoms with Crippen LogP contribution in [-0.4, -0.2) is 25.0 Å². The Bertz CT molecular complexity index is 1240. The van der Waals surface area contributed by atoms with Gasteiger partial charge in [0.25, 0.3) is 5.91 Å². The summed E-state index contributed by atoms with van der Waals surface area (Å²) in [4.78, 5) is 28.1. The van der Waals surface area contributed by atoms with E-state index >= 15 is 0 Å². The van der Waals surface area contributed by atoms with Crippen molar-refractivity contribution in [2.75, 3.05) is 28.6 Å².